The van der Waals surface area contributed by atoms with Crippen molar-refractivity contribution in [1.29, 1.82) is 0 Å². The zero-order valence-corrected chi connectivity index (χ0v) is 15.0. The van der Waals surface area contributed by atoms with E-state index in [4.69, 9.17) is 0 Å². The molecule has 2 nitrogen and oxygen atoms in total. The molecule has 0 spiro atoms. The first-order chi connectivity index (χ1) is 9.90. The molecule has 21 heavy (non-hydrogen) atoms. The Morgan fingerprint density at radius 1 is 1.05 bits per heavy atom. The van der Waals surface area contributed by atoms with E-state index in [9.17, 15) is 0 Å². The number of hydrogen-bond acceptors (Lipinski definition) is 2. The highest BCUT2D eigenvalue weighted by Gasteiger charge is 2.17. The third-order valence-electron chi connectivity index (χ3n) is 3.89. The molecule has 0 aliphatic carbocycles. The van der Waals surface area contributed by atoms with Gasteiger partial charge in [-0.2, -0.15) is 0 Å². The molecular weight excluding hydrogens is 324 g/mol. The molecule has 0 fully saturated rings. The summed E-state index contributed by atoms with van der Waals surface area (Å²) in [5, 5.41) is 3.68. The van der Waals surface area contributed by atoms with Crippen LogP contribution in [0.3, 0.4) is 0 Å². The maximum absolute atomic E-state index is 4.60. The molecule has 112 valence electrons. The number of rotatable bonds is 4. The third kappa shape index (κ3) is 3.72. The van der Waals surface area contributed by atoms with Gasteiger partial charge < -0.3 is 5.32 Å². The molecule has 1 aromatic heterocycles. The lowest BCUT2D eigenvalue weighted by Gasteiger charge is -2.24. The predicted molar refractivity (Wildman–Crippen MR) is 92.6 cm³/mol. The van der Waals surface area contributed by atoms with Crippen molar-refractivity contribution in [2.75, 3.05) is 0 Å². The number of halogens is 1. The van der Waals surface area contributed by atoms with Gasteiger partial charge >= 0.3 is 0 Å². The first-order valence-electron chi connectivity index (χ1n) is 7.35. The molecule has 1 unspecified atom stereocenters. The first-order valence-corrected chi connectivity index (χ1v) is 8.14. The molecular formula is C18H23BrN2. The fourth-order valence-electron chi connectivity index (χ4n) is 3.06. The Hall–Kier alpha value is -1.19. The van der Waals surface area contributed by atoms with Crippen molar-refractivity contribution in [2.24, 2.45) is 0 Å². The van der Waals surface area contributed by atoms with Crippen LogP contribution in [0, 0.1) is 20.8 Å². The van der Waals surface area contributed by atoms with Crippen LogP contribution in [0.1, 0.15) is 54.0 Å². The SMILES string of the molecule is Cc1cc(C)c(C(C)N[C@H](C)c2ccccc2Br)c(C)n1. The van der Waals surface area contributed by atoms with E-state index >= 15 is 0 Å². The average molecular weight is 347 g/mol. The highest BCUT2D eigenvalue weighted by Crippen LogP contribution is 2.27. The summed E-state index contributed by atoms with van der Waals surface area (Å²) in [4.78, 5) is 4.60. The zero-order chi connectivity index (χ0) is 15.6. The van der Waals surface area contributed by atoms with Crippen LogP contribution < -0.4 is 5.32 Å². The molecule has 0 radical (unpaired) electrons. The molecule has 0 saturated carbocycles. The summed E-state index contributed by atoms with van der Waals surface area (Å²) in [5.74, 6) is 0. The highest BCUT2D eigenvalue weighted by molar-refractivity contribution is 9.10. The van der Waals surface area contributed by atoms with Gasteiger partial charge in [0.2, 0.25) is 0 Å². The molecule has 0 saturated heterocycles. The van der Waals surface area contributed by atoms with Crippen LogP contribution in [0.2, 0.25) is 0 Å². The standard InChI is InChI=1S/C18H23BrN2/c1-11-10-12(2)20-14(4)18(11)15(5)21-13(3)16-8-6-7-9-17(16)19/h6-10,13,15,21H,1-5H3/t13-,15?/m1/s1. The molecule has 2 rings (SSSR count). The molecule has 1 N–H and O–H groups in total. The van der Waals surface area contributed by atoms with Gasteiger partial charge in [0.1, 0.15) is 0 Å². The topological polar surface area (TPSA) is 24.9 Å². The quantitative estimate of drug-likeness (QED) is 0.824. The van der Waals surface area contributed by atoms with E-state index < -0.39 is 0 Å². The van der Waals surface area contributed by atoms with Gasteiger partial charge in [-0.1, -0.05) is 34.1 Å². The summed E-state index contributed by atoms with van der Waals surface area (Å²) in [5.41, 5.74) is 6.09. The summed E-state index contributed by atoms with van der Waals surface area (Å²) in [6.07, 6.45) is 0. The molecule has 0 aliphatic heterocycles. The van der Waals surface area contributed by atoms with E-state index in [2.05, 4.69) is 78.2 Å². The van der Waals surface area contributed by atoms with Crippen LogP contribution in [0.15, 0.2) is 34.8 Å². The fourth-order valence-corrected chi connectivity index (χ4v) is 3.69. The number of nitrogens with zero attached hydrogens (tertiary/aromatic N) is 1. The van der Waals surface area contributed by atoms with Crippen LogP contribution in [-0.4, -0.2) is 4.98 Å². The van der Waals surface area contributed by atoms with E-state index in [0.717, 1.165) is 15.9 Å². The molecule has 2 atom stereocenters. The van der Waals surface area contributed by atoms with Crippen LogP contribution in [0.5, 0.6) is 0 Å². The van der Waals surface area contributed by atoms with Gasteiger partial charge in [-0.3, -0.25) is 4.98 Å². The summed E-state index contributed by atoms with van der Waals surface area (Å²) < 4.78 is 1.15. The fraction of sp³-hybridized carbons (Fsp3) is 0.389. The summed E-state index contributed by atoms with van der Waals surface area (Å²) in [6, 6.07) is 11.1. The second-order valence-corrected chi connectivity index (χ2v) is 6.57. The molecule has 1 heterocycles. The third-order valence-corrected chi connectivity index (χ3v) is 4.61. The maximum atomic E-state index is 4.60. The maximum Gasteiger partial charge on any atom is 0.0426 e. The van der Waals surface area contributed by atoms with Gasteiger partial charge in [-0.05, 0) is 63.4 Å². The van der Waals surface area contributed by atoms with E-state index in [-0.39, 0.29) is 12.1 Å². The van der Waals surface area contributed by atoms with Crippen LogP contribution in [0.4, 0.5) is 0 Å². The lowest BCUT2D eigenvalue weighted by atomic mass is 9.98. The van der Waals surface area contributed by atoms with Crippen molar-refractivity contribution in [2.45, 2.75) is 46.7 Å². The molecule has 0 aliphatic rings. The van der Waals surface area contributed by atoms with Crippen molar-refractivity contribution in [1.82, 2.24) is 10.3 Å². The molecule has 3 heteroatoms. The van der Waals surface area contributed by atoms with Crippen LogP contribution >= 0.6 is 15.9 Å². The van der Waals surface area contributed by atoms with E-state index in [1.54, 1.807) is 0 Å². The van der Waals surface area contributed by atoms with E-state index in [1.165, 1.54) is 16.7 Å². The normalized spacial score (nSPS) is 14.0. The Balaban J connectivity index is 2.22. The molecule has 0 amide bonds. The summed E-state index contributed by atoms with van der Waals surface area (Å²) >= 11 is 3.63. The Labute approximate surface area is 136 Å². The number of aryl methyl sites for hydroxylation is 3. The average Bonchev–Trinajstić information content (AvgIpc) is 2.37. The summed E-state index contributed by atoms with van der Waals surface area (Å²) in [6.45, 7) is 10.7. The second-order valence-electron chi connectivity index (χ2n) is 5.71. The minimum atomic E-state index is 0.264. The number of hydrogen-bond donors (Lipinski definition) is 1. The number of nitrogens with one attached hydrogen (secondary N) is 1. The number of pyridine rings is 1. The second kappa shape index (κ2) is 6.71. The first kappa shape index (κ1) is 16.2. The Morgan fingerprint density at radius 3 is 2.33 bits per heavy atom. The largest absolute Gasteiger partial charge is 0.304 e. The molecule has 0 bridgehead atoms. The minimum Gasteiger partial charge on any atom is -0.304 e. The van der Waals surface area contributed by atoms with Gasteiger partial charge in [0.25, 0.3) is 0 Å². The number of benzene rings is 1. The van der Waals surface area contributed by atoms with Crippen LogP contribution in [-0.2, 0) is 0 Å². The summed E-state index contributed by atoms with van der Waals surface area (Å²) in [7, 11) is 0. The molecule has 1 aromatic carbocycles. The smallest absolute Gasteiger partial charge is 0.0426 e. The van der Waals surface area contributed by atoms with Crippen molar-refractivity contribution >= 4 is 15.9 Å². The van der Waals surface area contributed by atoms with Gasteiger partial charge in [0.05, 0.1) is 0 Å². The predicted octanol–water partition coefficient (Wildman–Crippen LogP) is 5.18. The van der Waals surface area contributed by atoms with Gasteiger partial charge in [0, 0.05) is 27.9 Å². The zero-order valence-electron chi connectivity index (χ0n) is 13.4. The lowest BCUT2D eigenvalue weighted by Crippen LogP contribution is -2.24. The Kier molecular flexibility index (Phi) is 5.17. The molecule has 2 aromatic rings. The van der Waals surface area contributed by atoms with Gasteiger partial charge in [-0.15, -0.1) is 0 Å². The Morgan fingerprint density at radius 2 is 1.71 bits per heavy atom. The van der Waals surface area contributed by atoms with Crippen molar-refractivity contribution in [3.8, 4) is 0 Å². The van der Waals surface area contributed by atoms with E-state index in [0.29, 0.717) is 0 Å². The van der Waals surface area contributed by atoms with Crippen molar-refractivity contribution in [3.63, 3.8) is 0 Å². The van der Waals surface area contributed by atoms with E-state index in [1.807, 2.05) is 13.0 Å². The lowest BCUT2D eigenvalue weighted by molar-refractivity contribution is 0.489. The number of aromatic nitrogens is 1. The van der Waals surface area contributed by atoms with Gasteiger partial charge in [0.15, 0.2) is 0 Å². The minimum absolute atomic E-state index is 0.264. The van der Waals surface area contributed by atoms with Crippen LogP contribution in [0.25, 0.3) is 0 Å². The van der Waals surface area contributed by atoms with Gasteiger partial charge in [-0.25, -0.2) is 0 Å². The van der Waals surface area contributed by atoms with Crippen molar-refractivity contribution < 1.29 is 0 Å². The van der Waals surface area contributed by atoms with Crippen molar-refractivity contribution in [3.05, 3.63) is 62.9 Å². The Bertz CT molecular complexity index is 614. The highest BCUT2D eigenvalue weighted by atomic mass is 79.9. The monoisotopic (exact) mass is 346 g/mol.